The number of carbonyl (C=O) groups excluding carboxylic acids is 1. The molecule has 0 saturated carbocycles. The Balaban J connectivity index is 1.10. The number of imidazole rings is 1. The molecule has 11 heteroatoms. The van der Waals surface area contributed by atoms with Gasteiger partial charge in [-0.3, -0.25) is 9.36 Å². The summed E-state index contributed by atoms with van der Waals surface area (Å²) in [6.07, 6.45) is 1.02. The molecule has 2 aromatic heterocycles. The zero-order valence-electron chi connectivity index (χ0n) is 32.4. The largest absolute Gasteiger partial charge is 0.404 e. The van der Waals surface area contributed by atoms with E-state index in [0.29, 0.717) is 29.2 Å². The van der Waals surface area contributed by atoms with E-state index < -0.39 is 32.4 Å². The first-order chi connectivity index (χ1) is 27.7. The molecule has 10 nitrogen and oxygen atoms in total. The Bertz CT molecular complexity index is 2490. The van der Waals surface area contributed by atoms with Crippen LogP contribution in [0.5, 0.6) is 0 Å². The molecular formula is C46H45N5O5Si. The standard InChI is InChI=1S/C46H45N5O5Si/c1-31-46(28-54-57(45(2,3)4,36-20-10-6-11-21-36)37-22-12-7-13-23-37)40(53-27-32-24-25-33-16-14-15-19-35(33)26-32)39(55-31)44(56-46)51-30-49-38-41(47-29-48-42(38)51)50-43(52)34-17-8-5-9-18-34/h5-26,29-31,39-40,44H,27-28H2,1-4H3,(H,47,48,50,52)/t31-,39+,40-,44+,46-/m0/s1. The number of anilines is 1. The van der Waals surface area contributed by atoms with Gasteiger partial charge in [-0.2, -0.15) is 0 Å². The first-order valence-corrected chi connectivity index (χ1v) is 21.3. The van der Waals surface area contributed by atoms with Crippen molar-refractivity contribution in [2.75, 3.05) is 11.9 Å². The van der Waals surface area contributed by atoms with Crippen LogP contribution in [0, 0.1) is 0 Å². The number of amides is 1. The topological polar surface area (TPSA) is 110 Å². The summed E-state index contributed by atoms with van der Waals surface area (Å²) in [4.78, 5) is 26.9. The Labute approximate surface area is 333 Å². The molecule has 2 aliphatic rings. The zero-order chi connectivity index (χ0) is 39.2. The number of rotatable bonds is 11. The number of hydrogen-bond acceptors (Lipinski definition) is 8. The predicted octanol–water partition coefficient (Wildman–Crippen LogP) is 7.45. The highest BCUT2D eigenvalue weighted by Crippen LogP contribution is 2.52. The van der Waals surface area contributed by atoms with Gasteiger partial charge in [-0.1, -0.05) is 136 Å². The highest BCUT2D eigenvalue weighted by Gasteiger charge is 2.68. The number of carbonyl (C=O) groups is 1. The Morgan fingerprint density at radius 3 is 2.16 bits per heavy atom. The summed E-state index contributed by atoms with van der Waals surface area (Å²) in [7, 11) is -2.99. The van der Waals surface area contributed by atoms with Gasteiger partial charge in [-0.25, -0.2) is 15.0 Å². The van der Waals surface area contributed by atoms with E-state index in [1.807, 2.05) is 54.0 Å². The molecule has 2 fully saturated rings. The average Bonchev–Trinajstić information content (AvgIpc) is 3.88. The lowest BCUT2D eigenvalue weighted by molar-refractivity contribution is -0.216. The van der Waals surface area contributed by atoms with E-state index in [9.17, 15) is 4.79 Å². The number of hydrogen-bond donors (Lipinski definition) is 1. The lowest BCUT2D eigenvalue weighted by atomic mass is 9.94. The summed E-state index contributed by atoms with van der Waals surface area (Å²) < 4.78 is 30.6. The van der Waals surface area contributed by atoms with Crippen molar-refractivity contribution in [1.29, 1.82) is 0 Å². The highest BCUT2D eigenvalue weighted by atomic mass is 28.4. The van der Waals surface area contributed by atoms with E-state index in [0.717, 1.165) is 10.9 Å². The van der Waals surface area contributed by atoms with Crippen LogP contribution in [0.25, 0.3) is 21.9 Å². The molecule has 5 aromatic carbocycles. The molecule has 0 spiro atoms. The molecule has 0 radical (unpaired) electrons. The summed E-state index contributed by atoms with van der Waals surface area (Å²) in [5, 5.41) is 7.33. The van der Waals surface area contributed by atoms with E-state index in [4.69, 9.17) is 23.6 Å². The molecule has 2 bridgehead atoms. The van der Waals surface area contributed by atoms with Crippen molar-refractivity contribution < 1.29 is 23.4 Å². The first-order valence-electron chi connectivity index (χ1n) is 19.4. The van der Waals surface area contributed by atoms with Crippen LogP contribution in [-0.4, -0.2) is 64.3 Å². The summed E-state index contributed by atoms with van der Waals surface area (Å²) in [5.74, 6) is 0.0129. The number of aromatic nitrogens is 4. The Morgan fingerprint density at radius 1 is 0.825 bits per heavy atom. The molecule has 1 amide bonds. The molecule has 2 saturated heterocycles. The fourth-order valence-electron chi connectivity index (χ4n) is 8.68. The van der Waals surface area contributed by atoms with E-state index in [1.165, 1.54) is 22.1 Å². The molecule has 1 N–H and O–H groups in total. The van der Waals surface area contributed by atoms with Gasteiger partial charge in [0.25, 0.3) is 14.2 Å². The van der Waals surface area contributed by atoms with Crippen LogP contribution in [0.15, 0.2) is 146 Å². The molecule has 9 rings (SSSR count). The summed E-state index contributed by atoms with van der Waals surface area (Å²) >= 11 is 0. The smallest absolute Gasteiger partial charge is 0.261 e. The third kappa shape index (κ3) is 6.45. The van der Waals surface area contributed by atoms with Crippen molar-refractivity contribution in [3.05, 3.63) is 157 Å². The quantitative estimate of drug-likeness (QED) is 0.135. The van der Waals surface area contributed by atoms with Gasteiger partial charge in [0.15, 0.2) is 23.2 Å². The molecule has 0 unspecified atom stereocenters. The maximum Gasteiger partial charge on any atom is 0.261 e. The first kappa shape index (κ1) is 37.0. The van der Waals surface area contributed by atoms with Crippen LogP contribution in [0.1, 0.15) is 49.8 Å². The number of ether oxygens (including phenoxy) is 3. The monoisotopic (exact) mass is 775 g/mol. The molecule has 5 atom stereocenters. The van der Waals surface area contributed by atoms with Gasteiger partial charge in [-0.05, 0) is 56.9 Å². The third-order valence-electron chi connectivity index (χ3n) is 11.5. The Hall–Kier alpha value is -5.56. The normalized spacial score (nSPS) is 22.0. The van der Waals surface area contributed by atoms with Crippen LogP contribution in [0.4, 0.5) is 5.82 Å². The van der Waals surface area contributed by atoms with E-state index >= 15 is 0 Å². The lowest BCUT2D eigenvalue weighted by Crippen LogP contribution is -2.68. The van der Waals surface area contributed by atoms with Gasteiger partial charge in [0, 0.05) is 5.56 Å². The molecular weight excluding hydrogens is 731 g/mol. The van der Waals surface area contributed by atoms with Crippen molar-refractivity contribution in [2.24, 2.45) is 0 Å². The van der Waals surface area contributed by atoms with Crippen LogP contribution >= 0.6 is 0 Å². The zero-order valence-corrected chi connectivity index (χ0v) is 33.4. The number of nitrogens with zero attached hydrogens (tertiary/aromatic N) is 4. The minimum Gasteiger partial charge on any atom is -0.404 e. The second-order valence-electron chi connectivity index (χ2n) is 15.9. The second kappa shape index (κ2) is 14.7. The van der Waals surface area contributed by atoms with Crippen molar-refractivity contribution >= 4 is 52.4 Å². The van der Waals surface area contributed by atoms with Crippen molar-refractivity contribution in [3.63, 3.8) is 0 Å². The molecule has 7 aromatic rings. The maximum atomic E-state index is 13.2. The molecule has 288 valence electrons. The number of benzene rings is 5. The number of nitrogens with one attached hydrogen (secondary N) is 1. The van der Waals surface area contributed by atoms with Gasteiger partial charge in [-0.15, -0.1) is 0 Å². The van der Waals surface area contributed by atoms with Crippen molar-refractivity contribution in [2.45, 2.75) is 69.5 Å². The van der Waals surface area contributed by atoms with Crippen molar-refractivity contribution in [1.82, 2.24) is 19.5 Å². The van der Waals surface area contributed by atoms with Gasteiger partial charge < -0.3 is 24.0 Å². The van der Waals surface area contributed by atoms with Crippen LogP contribution < -0.4 is 15.7 Å². The minimum atomic E-state index is -2.99. The summed E-state index contributed by atoms with van der Waals surface area (Å²) in [6.45, 7) is 9.42. The predicted molar refractivity (Wildman–Crippen MR) is 223 cm³/mol. The van der Waals surface area contributed by atoms with Crippen LogP contribution in [0.2, 0.25) is 5.04 Å². The molecule has 57 heavy (non-hydrogen) atoms. The summed E-state index contributed by atoms with van der Waals surface area (Å²) in [5.41, 5.74) is 1.49. The minimum absolute atomic E-state index is 0.219. The van der Waals surface area contributed by atoms with Gasteiger partial charge >= 0.3 is 0 Å². The fourth-order valence-corrected chi connectivity index (χ4v) is 13.3. The van der Waals surface area contributed by atoms with Gasteiger partial charge in [0.2, 0.25) is 0 Å². The van der Waals surface area contributed by atoms with Gasteiger partial charge in [0.05, 0.1) is 25.6 Å². The van der Waals surface area contributed by atoms with Crippen LogP contribution in [-0.2, 0) is 25.2 Å². The average molecular weight is 776 g/mol. The van der Waals surface area contributed by atoms with Crippen molar-refractivity contribution in [3.8, 4) is 0 Å². The Kier molecular flexibility index (Phi) is 9.58. The highest BCUT2D eigenvalue weighted by molar-refractivity contribution is 6.99. The fraction of sp³-hybridized carbons (Fsp3) is 0.261. The third-order valence-corrected chi connectivity index (χ3v) is 16.5. The molecule has 4 heterocycles. The van der Waals surface area contributed by atoms with E-state index in [2.05, 4.69) is 115 Å². The maximum absolute atomic E-state index is 13.2. The number of fused-ring (bicyclic) bond motifs is 4. The lowest BCUT2D eigenvalue weighted by Gasteiger charge is -2.46. The van der Waals surface area contributed by atoms with E-state index in [-0.39, 0.29) is 23.7 Å². The Morgan fingerprint density at radius 2 is 1.47 bits per heavy atom. The molecule has 0 aliphatic carbocycles. The molecule has 2 aliphatic heterocycles. The van der Waals surface area contributed by atoms with Crippen LogP contribution in [0.3, 0.4) is 0 Å². The van der Waals surface area contributed by atoms with E-state index in [1.54, 1.807) is 18.5 Å². The SMILES string of the molecule is C[C@@H]1O[C@H]2[C@H](n3cnc4c(NC(=O)c5ccccc5)ncnc43)O[C@]1(CO[Si](c1ccccc1)(c1ccccc1)C(C)(C)C)[C@H]2OCc1ccc2ccccc2c1. The van der Waals surface area contributed by atoms with Gasteiger partial charge in [0.1, 0.15) is 24.1 Å². The second-order valence-corrected chi connectivity index (χ2v) is 20.2. The summed E-state index contributed by atoms with van der Waals surface area (Å²) in [6, 6.07) is 44.9.